The number of halogens is 1. The first-order chi connectivity index (χ1) is 11.4. The second-order valence-corrected chi connectivity index (χ2v) is 7.35. The zero-order valence-electron chi connectivity index (χ0n) is 13.1. The molecule has 3 aromatic rings. The first-order valence-electron chi connectivity index (χ1n) is 7.15. The molecule has 0 fully saturated rings. The van der Waals surface area contributed by atoms with E-state index in [4.69, 9.17) is 5.73 Å². The Morgan fingerprint density at radius 1 is 1.38 bits per heavy atom. The van der Waals surface area contributed by atoms with Crippen LogP contribution in [0.1, 0.15) is 10.4 Å². The Morgan fingerprint density at radius 3 is 2.92 bits per heavy atom. The molecule has 124 valence electrons. The number of fused-ring (bicyclic) bond motifs is 1. The van der Waals surface area contributed by atoms with Crippen molar-refractivity contribution in [2.24, 2.45) is 0 Å². The highest BCUT2D eigenvalue weighted by Gasteiger charge is 2.14. The average molecular weight is 362 g/mol. The molecular formula is C16H15FN4OS2. The van der Waals surface area contributed by atoms with E-state index in [-0.39, 0.29) is 11.7 Å². The molecule has 0 aliphatic rings. The number of hydrogen-bond donors (Lipinski definition) is 2. The van der Waals surface area contributed by atoms with Crippen LogP contribution in [-0.4, -0.2) is 21.6 Å². The molecule has 3 N–H and O–H groups in total. The topological polar surface area (TPSA) is 80.9 Å². The number of nitrogens with one attached hydrogen (secondary N) is 1. The maximum absolute atomic E-state index is 13.1. The van der Waals surface area contributed by atoms with Gasteiger partial charge < -0.3 is 11.1 Å². The van der Waals surface area contributed by atoms with Gasteiger partial charge in [-0.3, -0.25) is 4.79 Å². The van der Waals surface area contributed by atoms with E-state index >= 15 is 0 Å². The van der Waals surface area contributed by atoms with Crippen LogP contribution in [0.4, 0.5) is 15.9 Å². The van der Waals surface area contributed by atoms with Crippen molar-refractivity contribution < 1.29 is 9.18 Å². The summed E-state index contributed by atoms with van der Waals surface area (Å²) in [5.41, 5.74) is 7.53. The molecule has 1 aromatic carbocycles. The molecule has 0 saturated heterocycles. The smallest absolute Gasteiger partial charge is 0.234 e. The lowest BCUT2D eigenvalue weighted by Gasteiger charge is -2.05. The van der Waals surface area contributed by atoms with E-state index in [2.05, 4.69) is 15.3 Å². The SMILES string of the molecule is Cc1sc2nc(SCC(=O)Nc3cccc(F)c3)nc(N)c2c1C. The minimum absolute atomic E-state index is 0.116. The molecule has 8 heteroatoms. The van der Waals surface area contributed by atoms with Gasteiger partial charge >= 0.3 is 0 Å². The molecule has 0 atom stereocenters. The molecule has 0 radical (unpaired) electrons. The number of anilines is 2. The number of benzene rings is 1. The van der Waals surface area contributed by atoms with Crippen LogP contribution in [0.5, 0.6) is 0 Å². The summed E-state index contributed by atoms with van der Waals surface area (Å²) < 4.78 is 13.1. The normalized spacial score (nSPS) is 11.0. The Hall–Kier alpha value is -2.19. The van der Waals surface area contributed by atoms with Crippen LogP contribution < -0.4 is 11.1 Å². The molecule has 0 bridgehead atoms. The molecule has 0 aliphatic heterocycles. The number of nitrogens with two attached hydrogens (primary N) is 1. The van der Waals surface area contributed by atoms with Crippen LogP contribution in [0.25, 0.3) is 10.2 Å². The molecule has 24 heavy (non-hydrogen) atoms. The maximum atomic E-state index is 13.1. The summed E-state index contributed by atoms with van der Waals surface area (Å²) >= 11 is 2.75. The third-order valence-electron chi connectivity index (χ3n) is 3.48. The average Bonchev–Trinajstić information content (AvgIpc) is 2.80. The van der Waals surface area contributed by atoms with Crippen LogP contribution in [0.2, 0.25) is 0 Å². The van der Waals surface area contributed by atoms with Gasteiger partial charge in [-0.05, 0) is 37.6 Å². The lowest BCUT2D eigenvalue weighted by atomic mass is 10.2. The number of thioether (sulfide) groups is 1. The van der Waals surface area contributed by atoms with E-state index in [0.29, 0.717) is 16.7 Å². The highest BCUT2D eigenvalue weighted by molar-refractivity contribution is 7.99. The van der Waals surface area contributed by atoms with Crippen LogP contribution >= 0.6 is 23.1 Å². The Bertz CT molecular complexity index is 926. The summed E-state index contributed by atoms with van der Waals surface area (Å²) in [6, 6.07) is 5.75. The number of nitrogen functional groups attached to an aromatic ring is 1. The third kappa shape index (κ3) is 3.49. The largest absolute Gasteiger partial charge is 0.383 e. The van der Waals surface area contributed by atoms with Crippen molar-refractivity contribution in [1.29, 1.82) is 0 Å². The molecule has 0 unspecified atom stereocenters. The van der Waals surface area contributed by atoms with E-state index in [9.17, 15) is 9.18 Å². The fourth-order valence-electron chi connectivity index (χ4n) is 2.22. The number of carbonyl (C=O) groups excluding carboxylic acids is 1. The lowest BCUT2D eigenvalue weighted by molar-refractivity contribution is -0.113. The molecule has 2 heterocycles. The molecule has 3 rings (SSSR count). The maximum Gasteiger partial charge on any atom is 0.234 e. The van der Waals surface area contributed by atoms with E-state index < -0.39 is 5.82 Å². The number of aryl methyl sites for hydroxylation is 2. The first kappa shape index (κ1) is 16.7. The van der Waals surface area contributed by atoms with Gasteiger partial charge in [-0.15, -0.1) is 11.3 Å². The van der Waals surface area contributed by atoms with Crippen LogP contribution in [0.15, 0.2) is 29.4 Å². The zero-order chi connectivity index (χ0) is 17.3. The predicted octanol–water partition coefficient (Wildman–Crippen LogP) is 3.76. The van der Waals surface area contributed by atoms with Gasteiger partial charge in [0.15, 0.2) is 5.16 Å². The van der Waals surface area contributed by atoms with Crippen LogP contribution in [0, 0.1) is 19.7 Å². The Morgan fingerprint density at radius 2 is 2.17 bits per heavy atom. The van der Waals surface area contributed by atoms with Crippen LogP contribution in [-0.2, 0) is 4.79 Å². The van der Waals surface area contributed by atoms with E-state index in [1.54, 1.807) is 17.4 Å². The minimum atomic E-state index is -0.398. The van der Waals surface area contributed by atoms with Crippen molar-refractivity contribution in [2.45, 2.75) is 19.0 Å². The number of amides is 1. The molecule has 0 spiro atoms. The van der Waals surface area contributed by atoms with Gasteiger partial charge in [0.1, 0.15) is 16.5 Å². The van der Waals surface area contributed by atoms with E-state index in [1.807, 2.05) is 13.8 Å². The Labute approximate surface area is 146 Å². The molecule has 5 nitrogen and oxygen atoms in total. The van der Waals surface area contributed by atoms with Gasteiger partial charge in [0.05, 0.1) is 11.1 Å². The van der Waals surface area contributed by atoms with Crippen molar-refractivity contribution in [1.82, 2.24) is 9.97 Å². The molecule has 2 aromatic heterocycles. The number of carbonyl (C=O) groups is 1. The number of rotatable bonds is 4. The summed E-state index contributed by atoms with van der Waals surface area (Å²) in [5.74, 6) is -0.114. The molecule has 0 saturated carbocycles. The zero-order valence-corrected chi connectivity index (χ0v) is 14.7. The summed E-state index contributed by atoms with van der Waals surface area (Å²) in [6.45, 7) is 4.01. The fourth-order valence-corrected chi connectivity index (χ4v) is 3.96. The van der Waals surface area contributed by atoms with Gasteiger partial charge in [-0.1, -0.05) is 17.8 Å². The standard InChI is InChI=1S/C16H15FN4OS2/c1-8-9(2)24-15-13(8)14(18)20-16(21-15)23-7-12(22)19-11-5-3-4-10(17)6-11/h3-6H,7H2,1-2H3,(H,19,22)(H2,18,20,21). The lowest BCUT2D eigenvalue weighted by Crippen LogP contribution is -2.14. The summed E-state index contributed by atoms with van der Waals surface area (Å²) in [7, 11) is 0. The molecule has 0 aliphatic carbocycles. The Kier molecular flexibility index (Phi) is 4.68. The van der Waals surface area contributed by atoms with E-state index in [0.717, 1.165) is 20.7 Å². The quantitative estimate of drug-likeness (QED) is 0.545. The van der Waals surface area contributed by atoms with Gasteiger partial charge in [0.2, 0.25) is 5.91 Å². The van der Waals surface area contributed by atoms with Crippen LogP contribution in [0.3, 0.4) is 0 Å². The van der Waals surface area contributed by atoms with Gasteiger partial charge in [0, 0.05) is 10.6 Å². The van der Waals surface area contributed by atoms with Gasteiger partial charge in [-0.25, -0.2) is 14.4 Å². The summed E-state index contributed by atoms with van der Waals surface area (Å²) in [5, 5.41) is 3.97. The van der Waals surface area contributed by atoms with Crippen molar-refractivity contribution in [3.63, 3.8) is 0 Å². The predicted molar refractivity (Wildman–Crippen MR) is 97.1 cm³/mol. The number of aromatic nitrogens is 2. The number of nitrogens with zero attached hydrogens (tertiary/aromatic N) is 2. The van der Waals surface area contributed by atoms with Gasteiger partial charge in [0.25, 0.3) is 0 Å². The second kappa shape index (κ2) is 6.74. The van der Waals surface area contributed by atoms with Crippen molar-refractivity contribution in [3.8, 4) is 0 Å². The van der Waals surface area contributed by atoms with E-state index in [1.165, 1.54) is 30.0 Å². The monoisotopic (exact) mass is 362 g/mol. The summed E-state index contributed by atoms with van der Waals surface area (Å²) in [6.07, 6.45) is 0. The number of thiophene rings is 1. The molecule has 1 amide bonds. The first-order valence-corrected chi connectivity index (χ1v) is 8.95. The second-order valence-electron chi connectivity index (χ2n) is 5.20. The molecular weight excluding hydrogens is 347 g/mol. The van der Waals surface area contributed by atoms with Crippen molar-refractivity contribution in [3.05, 3.63) is 40.5 Å². The van der Waals surface area contributed by atoms with Gasteiger partial charge in [-0.2, -0.15) is 0 Å². The highest BCUT2D eigenvalue weighted by Crippen LogP contribution is 2.33. The summed E-state index contributed by atoms with van der Waals surface area (Å²) in [4.78, 5) is 22.7. The number of hydrogen-bond acceptors (Lipinski definition) is 6. The third-order valence-corrected chi connectivity index (χ3v) is 5.43. The van der Waals surface area contributed by atoms with Crippen molar-refractivity contribution >= 4 is 50.7 Å². The Balaban J connectivity index is 1.70. The fraction of sp³-hybridized carbons (Fsp3) is 0.188. The van der Waals surface area contributed by atoms with Crippen molar-refractivity contribution in [2.75, 3.05) is 16.8 Å². The minimum Gasteiger partial charge on any atom is -0.383 e. The highest BCUT2D eigenvalue weighted by atomic mass is 32.2.